The van der Waals surface area contributed by atoms with E-state index in [2.05, 4.69) is 47.8 Å². The number of Topliss-reactive ketones (excluding diaryl/α,β-unsaturated/α-hetero) is 1. The van der Waals surface area contributed by atoms with Crippen molar-refractivity contribution in [3.63, 3.8) is 0 Å². The average molecular weight is 391 g/mol. The SMILES string of the molecule is O=C(CBr)c1c(Cl)ccc(Br)c1Br. The molecule has 0 heterocycles. The summed E-state index contributed by atoms with van der Waals surface area (Å²) in [6.07, 6.45) is 0. The number of hydrogen-bond acceptors (Lipinski definition) is 1. The van der Waals surface area contributed by atoms with Crippen LogP contribution in [0.1, 0.15) is 10.4 Å². The largest absolute Gasteiger partial charge is 0.293 e. The van der Waals surface area contributed by atoms with E-state index in [9.17, 15) is 4.79 Å². The molecule has 1 rings (SSSR count). The van der Waals surface area contributed by atoms with Crippen molar-refractivity contribution in [3.05, 3.63) is 31.7 Å². The lowest BCUT2D eigenvalue weighted by Crippen LogP contribution is -2.02. The molecule has 5 heteroatoms. The van der Waals surface area contributed by atoms with Gasteiger partial charge in [0.2, 0.25) is 0 Å². The van der Waals surface area contributed by atoms with Gasteiger partial charge in [0.05, 0.1) is 15.9 Å². The van der Waals surface area contributed by atoms with Gasteiger partial charge in [-0.2, -0.15) is 0 Å². The summed E-state index contributed by atoms with van der Waals surface area (Å²) in [5, 5.41) is 0.724. The second-order valence-corrected chi connectivity index (χ2v) is 4.89. The van der Waals surface area contributed by atoms with Crippen LogP contribution in [0.2, 0.25) is 5.02 Å². The molecule has 0 aromatic heterocycles. The molecule has 0 aliphatic rings. The van der Waals surface area contributed by atoms with Crippen molar-refractivity contribution in [2.45, 2.75) is 0 Å². The summed E-state index contributed by atoms with van der Waals surface area (Å²) in [6, 6.07) is 3.48. The van der Waals surface area contributed by atoms with Crippen molar-refractivity contribution in [3.8, 4) is 0 Å². The number of benzene rings is 1. The van der Waals surface area contributed by atoms with E-state index >= 15 is 0 Å². The van der Waals surface area contributed by atoms with Crippen LogP contribution < -0.4 is 0 Å². The van der Waals surface area contributed by atoms with Gasteiger partial charge in [-0.15, -0.1) is 0 Å². The average Bonchev–Trinajstić information content (AvgIpc) is 2.12. The van der Waals surface area contributed by atoms with Gasteiger partial charge in [-0.1, -0.05) is 27.5 Å². The van der Waals surface area contributed by atoms with Gasteiger partial charge in [0.25, 0.3) is 0 Å². The first-order valence-electron chi connectivity index (χ1n) is 3.30. The number of ketones is 1. The number of carbonyl (C=O) groups is 1. The van der Waals surface area contributed by atoms with E-state index in [0.29, 0.717) is 15.1 Å². The lowest BCUT2D eigenvalue weighted by atomic mass is 10.1. The van der Waals surface area contributed by atoms with Crippen molar-refractivity contribution >= 4 is 65.2 Å². The Hall–Kier alpha value is 0.620. The highest BCUT2D eigenvalue weighted by Crippen LogP contribution is 2.32. The summed E-state index contributed by atoms with van der Waals surface area (Å²) in [5.74, 6) is -0.0434. The maximum absolute atomic E-state index is 11.4. The fourth-order valence-electron chi connectivity index (χ4n) is 0.849. The van der Waals surface area contributed by atoms with E-state index in [1.54, 1.807) is 12.1 Å². The summed E-state index contributed by atoms with van der Waals surface area (Å²) >= 11 is 15.6. The molecule has 0 radical (unpaired) electrons. The quantitative estimate of drug-likeness (QED) is 0.414. The minimum Gasteiger partial charge on any atom is -0.293 e. The van der Waals surface area contributed by atoms with E-state index < -0.39 is 0 Å². The molecule has 13 heavy (non-hydrogen) atoms. The topological polar surface area (TPSA) is 17.1 Å². The Morgan fingerprint density at radius 2 is 2.00 bits per heavy atom. The van der Waals surface area contributed by atoms with Crippen LogP contribution in [-0.2, 0) is 0 Å². The molecule has 0 fully saturated rings. The molecule has 70 valence electrons. The van der Waals surface area contributed by atoms with Crippen molar-refractivity contribution in [2.24, 2.45) is 0 Å². The Labute approximate surface area is 106 Å². The Morgan fingerprint density at radius 1 is 1.38 bits per heavy atom. The number of halogens is 4. The summed E-state index contributed by atoms with van der Waals surface area (Å²) in [4.78, 5) is 11.4. The molecule has 1 aromatic carbocycles. The van der Waals surface area contributed by atoms with Gasteiger partial charge in [0, 0.05) is 8.95 Å². The molecule has 0 amide bonds. The molecule has 1 aromatic rings. The van der Waals surface area contributed by atoms with Crippen LogP contribution in [0.25, 0.3) is 0 Å². The van der Waals surface area contributed by atoms with Crippen molar-refractivity contribution in [1.29, 1.82) is 0 Å². The zero-order chi connectivity index (χ0) is 10.0. The number of rotatable bonds is 2. The first kappa shape index (κ1) is 11.7. The Balaban J connectivity index is 3.33. The Bertz CT molecular complexity index is 351. The third-order valence-electron chi connectivity index (χ3n) is 1.44. The van der Waals surface area contributed by atoms with Gasteiger partial charge in [-0.05, 0) is 44.0 Å². The maximum Gasteiger partial charge on any atom is 0.176 e. The zero-order valence-corrected chi connectivity index (χ0v) is 11.8. The molecule has 0 aliphatic heterocycles. The van der Waals surface area contributed by atoms with Gasteiger partial charge in [-0.25, -0.2) is 0 Å². The first-order valence-corrected chi connectivity index (χ1v) is 6.39. The third-order valence-corrected chi connectivity index (χ3v) is 4.29. The van der Waals surface area contributed by atoms with E-state index in [4.69, 9.17) is 11.6 Å². The second kappa shape index (κ2) is 4.91. The highest BCUT2D eigenvalue weighted by Gasteiger charge is 2.14. The summed E-state index contributed by atoms with van der Waals surface area (Å²) in [6.45, 7) is 0. The Morgan fingerprint density at radius 3 is 2.54 bits per heavy atom. The predicted octanol–water partition coefficient (Wildman–Crippen LogP) is 4.44. The fraction of sp³-hybridized carbons (Fsp3) is 0.125. The van der Waals surface area contributed by atoms with Crippen molar-refractivity contribution in [2.75, 3.05) is 5.33 Å². The molecule has 0 N–H and O–H groups in total. The smallest absolute Gasteiger partial charge is 0.176 e. The van der Waals surface area contributed by atoms with Gasteiger partial charge < -0.3 is 0 Å². The van der Waals surface area contributed by atoms with Crippen LogP contribution >= 0.6 is 59.4 Å². The molecule has 0 unspecified atom stereocenters. The van der Waals surface area contributed by atoms with Gasteiger partial charge in [0.15, 0.2) is 5.78 Å². The van der Waals surface area contributed by atoms with Crippen LogP contribution in [-0.4, -0.2) is 11.1 Å². The molecule has 1 nitrogen and oxygen atoms in total. The molecule has 0 saturated carbocycles. The van der Waals surface area contributed by atoms with Crippen molar-refractivity contribution in [1.82, 2.24) is 0 Å². The lowest BCUT2D eigenvalue weighted by Gasteiger charge is -2.05. The molecule has 0 atom stereocenters. The third kappa shape index (κ3) is 2.55. The van der Waals surface area contributed by atoms with E-state index in [-0.39, 0.29) is 11.1 Å². The normalized spacial score (nSPS) is 10.2. The minimum absolute atomic E-state index is 0.0434. The van der Waals surface area contributed by atoms with Crippen molar-refractivity contribution < 1.29 is 4.79 Å². The molecular formula is C8H4Br3ClO. The predicted molar refractivity (Wildman–Crippen MR) is 65.0 cm³/mol. The number of alkyl halides is 1. The number of hydrogen-bond donors (Lipinski definition) is 0. The number of carbonyl (C=O) groups excluding carboxylic acids is 1. The van der Waals surface area contributed by atoms with Gasteiger partial charge >= 0.3 is 0 Å². The molecular weight excluding hydrogens is 387 g/mol. The molecule has 0 saturated heterocycles. The van der Waals surface area contributed by atoms with Crippen LogP contribution in [0.15, 0.2) is 21.1 Å². The molecule has 0 bridgehead atoms. The van der Waals surface area contributed by atoms with Crippen LogP contribution in [0.4, 0.5) is 0 Å². The van der Waals surface area contributed by atoms with E-state index in [1.807, 2.05) is 0 Å². The molecule has 0 aliphatic carbocycles. The molecule has 0 spiro atoms. The van der Waals surface area contributed by atoms with Gasteiger partial charge in [-0.3, -0.25) is 4.79 Å². The second-order valence-electron chi connectivity index (χ2n) is 2.27. The lowest BCUT2D eigenvalue weighted by molar-refractivity contribution is 0.102. The standard InChI is InChI=1S/C8H4Br3ClO/c9-3-6(13)7-5(12)2-1-4(10)8(7)11/h1-2H,3H2. The highest BCUT2D eigenvalue weighted by molar-refractivity contribution is 9.13. The van der Waals surface area contributed by atoms with Crippen LogP contribution in [0.3, 0.4) is 0 Å². The highest BCUT2D eigenvalue weighted by atomic mass is 79.9. The van der Waals surface area contributed by atoms with E-state index in [1.165, 1.54) is 0 Å². The Kier molecular flexibility index (Phi) is 4.42. The van der Waals surface area contributed by atoms with Crippen LogP contribution in [0, 0.1) is 0 Å². The zero-order valence-electron chi connectivity index (χ0n) is 6.28. The first-order chi connectivity index (χ1) is 6.07. The summed E-state index contributed by atoms with van der Waals surface area (Å²) in [5.41, 5.74) is 0.507. The maximum atomic E-state index is 11.4. The minimum atomic E-state index is -0.0434. The summed E-state index contributed by atoms with van der Waals surface area (Å²) in [7, 11) is 0. The summed E-state index contributed by atoms with van der Waals surface area (Å²) < 4.78 is 1.52. The monoisotopic (exact) mass is 388 g/mol. The van der Waals surface area contributed by atoms with Gasteiger partial charge in [0.1, 0.15) is 0 Å². The van der Waals surface area contributed by atoms with Crippen LogP contribution in [0.5, 0.6) is 0 Å². The van der Waals surface area contributed by atoms with E-state index in [0.717, 1.165) is 4.47 Å². The fourth-order valence-corrected chi connectivity index (χ4v) is 2.40.